The Kier molecular flexibility index (Phi) is 4.95. The average molecular weight is 440 g/mol. The SMILES string of the molecule is OC1Cc2c([nH]c3ccc(C(F)(F)F)cc23)-c2cc(C#CC3(O)CCCCC3)ccc2N1. The van der Waals surface area contributed by atoms with Gasteiger partial charge in [0.2, 0.25) is 0 Å². The highest BCUT2D eigenvalue weighted by molar-refractivity contribution is 5.95. The van der Waals surface area contributed by atoms with E-state index in [1.807, 2.05) is 12.1 Å². The van der Waals surface area contributed by atoms with Crippen molar-refractivity contribution in [2.45, 2.75) is 56.5 Å². The van der Waals surface area contributed by atoms with Crippen LogP contribution in [0.1, 0.15) is 48.8 Å². The molecule has 32 heavy (non-hydrogen) atoms. The fourth-order valence-electron chi connectivity index (χ4n) is 4.69. The van der Waals surface area contributed by atoms with Crippen molar-refractivity contribution < 1.29 is 23.4 Å². The topological polar surface area (TPSA) is 68.3 Å². The van der Waals surface area contributed by atoms with Gasteiger partial charge in [0, 0.05) is 34.1 Å². The molecule has 0 spiro atoms. The summed E-state index contributed by atoms with van der Waals surface area (Å²) in [6.45, 7) is 0. The van der Waals surface area contributed by atoms with E-state index in [0.29, 0.717) is 46.3 Å². The summed E-state index contributed by atoms with van der Waals surface area (Å²) in [7, 11) is 0. The highest BCUT2D eigenvalue weighted by Crippen LogP contribution is 2.40. The molecule has 4 N–H and O–H groups in total. The number of aromatic nitrogens is 1. The zero-order valence-corrected chi connectivity index (χ0v) is 17.3. The Labute approximate surface area is 183 Å². The predicted octanol–water partition coefficient (Wildman–Crippen LogP) is 5.19. The van der Waals surface area contributed by atoms with Crippen LogP contribution in [0.5, 0.6) is 0 Å². The summed E-state index contributed by atoms with van der Waals surface area (Å²) in [6.07, 6.45) is -0.894. The van der Waals surface area contributed by atoms with E-state index in [4.69, 9.17) is 0 Å². The molecule has 4 nitrogen and oxygen atoms in total. The number of aliphatic hydroxyl groups excluding tert-OH is 1. The second-order valence-electron chi connectivity index (χ2n) is 8.70. The maximum absolute atomic E-state index is 13.3. The highest BCUT2D eigenvalue weighted by atomic mass is 19.4. The van der Waals surface area contributed by atoms with Crippen LogP contribution in [0.4, 0.5) is 18.9 Å². The van der Waals surface area contributed by atoms with Crippen molar-refractivity contribution in [1.82, 2.24) is 4.98 Å². The van der Waals surface area contributed by atoms with Crippen LogP contribution in [-0.4, -0.2) is 27.0 Å². The maximum atomic E-state index is 13.3. The van der Waals surface area contributed by atoms with Gasteiger partial charge in [-0.25, -0.2) is 0 Å². The molecule has 2 heterocycles. The average Bonchev–Trinajstić information content (AvgIpc) is 3.03. The third-order valence-corrected chi connectivity index (χ3v) is 6.36. The summed E-state index contributed by atoms with van der Waals surface area (Å²) in [4.78, 5) is 3.24. The summed E-state index contributed by atoms with van der Waals surface area (Å²) in [6, 6.07) is 9.07. The van der Waals surface area contributed by atoms with Crippen LogP contribution >= 0.6 is 0 Å². The standard InChI is InChI=1S/C25H23F3N2O2/c26-25(27,28)16-5-7-20-17(13-16)18-14-22(31)29-21-6-4-15(12-19(21)23(18)30-20)8-11-24(32)9-2-1-3-10-24/h4-7,12-13,22,29-32H,1-3,9-10,14H2. The number of anilines is 1. The van der Waals surface area contributed by atoms with Crippen molar-refractivity contribution in [3.8, 4) is 23.1 Å². The van der Waals surface area contributed by atoms with Crippen molar-refractivity contribution in [3.05, 3.63) is 53.1 Å². The molecule has 3 aromatic rings. The number of benzene rings is 2. The van der Waals surface area contributed by atoms with Crippen LogP contribution < -0.4 is 5.32 Å². The zero-order chi connectivity index (χ0) is 22.5. The Morgan fingerprint density at radius 1 is 1.03 bits per heavy atom. The highest BCUT2D eigenvalue weighted by Gasteiger charge is 2.32. The van der Waals surface area contributed by atoms with Gasteiger partial charge in [-0.1, -0.05) is 18.3 Å². The van der Waals surface area contributed by atoms with Gasteiger partial charge in [-0.3, -0.25) is 0 Å². The van der Waals surface area contributed by atoms with Gasteiger partial charge in [0.05, 0.1) is 11.3 Å². The van der Waals surface area contributed by atoms with E-state index in [0.717, 1.165) is 37.0 Å². The molecule has 1 aliphatic carbocycles. The largest absolute Gasteiger partial charge is 0.416 e. The second kappa shape index (κ2) is 7.58. The number of fused-ring (bicyclic) bond motifs is 5. The monoisotopic (exact) mass is 440 g/mol. The number of hydrogen-bond donors (Lipinski definition) is 4. The van der Waals surface area contributed by atoms with Crippen molar-refractivity contribution in [1.29, 1.82) is 0 Å². The Balaban J connectivity index is 1.61. The van der Waals surface area contributed by atoms with Crippen LogP contribution in [0.15, 0.2) is 36.4 Å². The van der Waals surface area contributed by atoms with E-state index < -0.39 is 23.6 Å². The lowest BCUT2D eigenvalue weighted by atomic mass is 9.85. The normalized spacial score (nSPS) is 19.8. The van der Waals surface area contributed by atoms with Crippen molar-refractivity contribution in [2.75, 3.05) is 5.32 Å². The molecule has 0 radical (unpaired) electrons. The van der Waals surface area contributed by atoms with Crippen LogP contribution in [-0.2, 0) is 12.6 Å². The van der Waals surface area contributed by atoms with E-state index in [2.05, 4.69) is 22.1 Å². The van der Waals surface area contributed by atoms with Gasteiger partial charge >= 0.3 is 6.18 Å². The van der Waals surface area contributed by atoms with E-state index in [9.17, 15) is 23.4 Å². The fourth-order valence-corrected chi connectivity index (χ4v) is 4.69. The third-order valence-electron chi connectivity index (χ3n) is 6.36. The Hall–Kier alpha value is -2.95. The molecular formula is C25H23F3N2O2. The fraction of sp³-hybridized carbons (Fsp3) is 0.360. The summed E-state index contributed by atoms with van der Waals surface area (Å²) in [5.74, 6) is 6.10. The predicted molar refractivity (Wildman–Crippen MR) is 117 cm³/mol. The van der Waals surface area contributed by atoms with Crippen molar-refractivity contribution in [2.24, 2.45) is 0 Å². The molecule has 166 valence electrons. The van der Waals surface area contributed by atoms with E-state index in [1.54, 1.807) is 6.07 Å². The smallest absolute Gasteiger partial charge is 0.378 e. The first-order chi connectivity index (χ1) is 15.2. The first-order valence-corrected chi connectivity index (χ1v) is 10.8. The molecule has 1 unspecified atom stereocenters. The number of aromatic amines is 1. The molecule has 0 bridgehead atoms. The quantitative estimate of drug-likeness (QED) is 0.364. The second-order valence-corrected chi connectivity index (χ2v) is 8.70. The van der Waals surface area contributed by atoms with Crippen LogP contribution in [0, 0.1) is 11.8 Å². The van der Waals surface area contributed by atoms with Gasteiger partial charge in [-0.15, -0.1) is 0 Å². The van der Waals surface area contributed by atoms with Gasteiger partial charge < -0.3 is 20.5 Å². The Morgan fingerprint density at radius 2 is 1.81 bits per heavy atom. The van der Waals surface area contributed by atoms with Gasteiger partial charge in [-0.2, -0.15) is 13.2 Å². The minimum Gasteiger partial charge on any atom is -0.378 e. The van der Waals surface area contributed by atoms with Gasteiger partial charge in [-0.05, 0) is 67.6 Å². The van der Waals surface area contributed by atoms with E-state index >= 15 is 0 Å². The van der Waals surface area contributed by atoms with Crippen molar-refractivity contribution >= 4 is 16.6 Å². The molecule has 2 aliphatic rings. The van der Waals surface area contributed by atoms with Crippen LogP contribution in [0.25, 0.3) is 22.2 Å². The molecule has 0 amide bonds. The molecule has 1 aliphatic heterocycles. The van der Waals surface area contributed by atoms with Gasteiger partial charge in [0.25, 0.3) is 0 Å². The van der Waals surface area contributed by atoms with Crippen LogP contribution in [0.3, 0.4) is 0 Å². The molecule has 7 heteroatoms. The third kappa shape index (κ3) is 3.85. The number of rotatable bonds is 0. The Morgan fingerprint density at radius 3 is 2.56 bits per heavy atom. The van der Waals surface area contributed by atoms with Gasteiger partial charge in [0.15, 0.2) is 0 Å². The van der Waals surface area contributed by atoms with E-state index in [-0.39, 0.29) is 6.42 Å². The lowest BCUT2D eigenvalue weighted by Gasteiger charge is -2.26. The first kappa shape index (κ1) is 20.9. The number of aliphatic hydroxyl groups is 2. The lowest BCUT2D eigenvalue weighted by Crippen LogP contribution is -2.29. The summed E-state index contributed by atoms with van der Waals surface area (Å²) < 4.78 is 39.8. The summed E-state index contributed by atoms with van der Waals surface area (Å²) in [5, 5.41) is 24.6. The molecule has 1 aromatic heterocycles. The molecule has 5 rings (SSSR count). The summed E-state index contributed by atoms with van der Waals surface area (Å²) in [5.41, 5.74) is 2.26. The van der Waals surface area contributed by atoms with Crippen molar-refractivity contribution in [3.63, 3.8) is 0 Å². The number of halogens is 3. The number of H-pyrrole nitrogens is 1. The molecule has 1 atom stereocenters. The first-order valence-electron chi connectivity index (χ1n) is 10.8. The number of alkyl halides is 3. The lowest BCUT2D eigenvalue weighted by molar-refractivity contribution is -0.137. The van der Waals surface area contributed by atoms with Gasteiger partial charge in [0.1, 0.15) is 11.8 Å². The van der Waals surface area contributed by atoms with E-state index in [1.165, 1.54) is 6.07 Å². The molecular weight excluding hydrogens is 417 g/mol. The minimum absolute atomic E-state index is 0.159. The Bertz CT molecular complexity index is 1240. The number of hydrogen-bond acceptors (Lipinski definition) is 3. The molecule has 2 aromatic carbocycles. The summed E-state index contributed by atoms with van der Waals surface area (Å²) >= 11 is 0. The maximum Gasteiger partial charge on any atom is 0.416 e. The molecule has 1 saturated carbocycles. The molecule has 1 fully saturated rings. The zero-order valence-electron chi connectivity index (χ0n) is 17.3. The minimum atomic E-state index is -4.44. The van der Waals surface area contributed by atoms with Crippen LogP contribution in [0.2, 0.25) is 0 Å². The molecule has 0 saturated heterocycles. The number of nitrogens with one attached hydrogen (secondary N) is 2.